The number of hydrogen-bond acceptors (Lipinski definition) is 3. The van der Waals surface area contributed by atoms with Gasteiger partial charge in [0.1, 0.15) is 0 Å². The standard InChI is InChI=1S/C35H69O3/c1-3-5-7-9-11-13-15-17-19-21-23-25-27-29-31-34(37)35(38,33-36)32-30-28-26-24-22-20-18-16-14-12-10-8-6-4-2/h34,37-38H,3-32H2,1-2H3. The first-order valence-corrected chi connectivity index (χ1v) is 17.4. The molecule has 0 aromatic carbocycles. The normalized spacial score (nSPS) is 14.0. The minimum absolute atomic E-state index is 0.342. The highest BCUT2D eigenvalue weighted by molar-refractivity contribution is 5.64. The van der Waals surface area contributed by atoms with Crippen molar-refractivity contribution in [1.82, 2.24) is 0 Å². The molecule has 0 rings (SSSR count). The Labute approximate surface area is 239 Å². The average Bonchev–Trinajstić information content (AvgIpc) is 2.93. The summed E-state index contributed by atoms with van der Waals surface area (Å²) >= 11 is 0. The largest absolute Gasteiger partial charge is 0.390 e. The summed E-state index contributed by atoms with van der Waals surface area (Å²) in [6, 6.07) is 0. The predicted octanol–water partition coefficient (Wildman–Crippen LogP) is 10.9. The highest BCUT2D eigenvalue weighted by Gasteiger charge is 2.35. The lowest BCUT2D eigenvalue weighted by molar-refractivity contribution is -0.0370. The molecule has 38 heavy (non-hydrogen) atoms. The van der Waals surface area contributed by atoms with E-state index in [2.05, 4.69) is 13.8 Å². The van der Waals surface area contributed by atoms with E-state index in [4.69, 9.17) is 0 Å². The molecule has 0 aliphatic heterocycles. The molecule has 2 N–H and O–H groups in total. The van der Waals surface area contributed by atoms with Gasteiger partial charge in [-0.15, -0.1) is 0 Å². The first-order chi connectivity index (χ1) is 18.6. The van der Waals surface area contributed by atoms with Crippen molar-refractivity contribution in [1.29, 1.82) is 0 Å². The zero-order chi connectivity index (χ0) is 28.0. The summed E-state index contributed by atoms with van der Waals surface area (Å²) in [5, 5.41) is 21.1. The maximum Gasteiger partial charge on any atom is 0.235 e. The van der Waals surface area contributed by atoms with Crippen LogP contribution in [0, 0.1) is 0 Å². The zero-order valence-corrected chi connectivity index (χ0v) is 26.1. The Morgan fingerprint density at radius 1 is 0.474 bits per heavy atom. The van der Waals surface area contributed by atoms with Gasteiger partial charge in [0.25, 0.3) is 0 Å². The summed E-state index contributed by atoms with van der Waals surface area (Å²) in [6.45, 7) is 4.54. The third-order valence-corrected chi connectivity index (χ3v) is 8.47. The number of unbranched alkanes of at least 4 members (excludes halogenated alkanes) is 26. The van der Waals surface area contributed by atoms with Gasteiger partial charge >= 0.3 is 0 Å². The number of aliphatic hydroxyl groups excluding tert-OH is 1. The minimum Gasteiger partial charge on any atom is -0.390 e. The van der Waals surface area contributed by atoms with Gasteiger partial charge in [-0.05, 0) is 12.8 Å². The Morgan fingerprint density at radius 2 is 0.737 bits per heavy atom. The van der Waals surface area contributed by atoms with Crippen molar-refractivity contribution in [3.05, 3.63) is 0 Å². The van der Waals surface area contributed by atoms with E-state index in [1.807, 2.05) is 0 Å². The Kier molecular flexibility index (Phi) is 29.3. The van der Waals surface area contributed by atoms with Gasteiger partial charge < -0.3 is 10.2 Å². The quantitative estimate of drug-likeness (QED) is 0.0839. The first-order valence-electron chi connectivity index (χ1n) is 17.4. The van der Waals surface area contributed by atoms with E-state index in [1.165, 1.54) is 148 Å². The Hall–Kier alpha value is -0.410. The molecule has 0 bridgehead atoms. The molecule has 3 heteroatoms. The fraction of sp³-hybridized carbons (Fsp3) is 0.971. The summed E-state index contributed by atoms with van der Waals surface area (Å²) in [7, 11) is 0. The minimum atomic E-state index is -1.67. The maximum atomic E-state index is 11.4. The van der Waals surface area contributed by atoms with Crippen molar-refractivity contribution < 1.29 is 15.0 Å². The lowest BCUT2D eigenvalue weighted by Crippen LogP contribution is -2.43. The predicted molar refractivity (Wildman–Crippen MR) is 167 cm³/mol. The van der Waals surface area contributed by atoms with Gasteiger partial charge in [0.05, 0.1) is 6.10 Å². The smallest absolute Gasteiger partial charge is 0.235 e. The molecule has 1 radical (unpaired) electrons. The lowest BCUT2D eigenvalue weighted by atomic mass is 9.88. The fourth-order valence-electron chi connectivity index (χ4n) is 5.65. The molecule has 0 saturated carbocycles. The topological polar surface area (TPSA) is 57.5 Å². The molecule has 0 amide bonds. The molecule has 2 atom stereocenters. The number of hydrogen-bond donors (Lipinski definition) is 2. The van der Waals surface area contributed by atoms with E-state index in [9.17, 15) is 15.0 Å². The second-order valence-electron chi connectivity index (χ2n) is 12.3. The van der Waals surface area contributed by atoms with Crippen LogP contribution in [0.15, 0.2) is 0 Å². The third kappa shape index (κ3) is 24.6. The lowest BCUT2D eigenvalue weighted by Gasteiger charge is -2.27. The first kappa shape index (κ1) is 37.6. The van der Waals surface area contributed by atoms with Gasteiger partial charge in [-0.1, -0.05) is 194 Å². The Morgan fingerprint density at radius 3 is 1.03 bits per heavy atom. The fourth-order valence-corrected chi connectivity index (χ4v) is 5.65. The molecule has 0 fully saturated rings. The molecular formula is C35H69O3. The number of carbonyl (C=O) groups excluding carboxylic acids is 1. The number of rotatable bonds is 32. The van der Waals surface area contributed by atoms with Crippen molar-refractivity contribution >= 4 is 6.29 Å². The van der Waals surface area contributed by atoms with Crippen LogP contribution in [0.25, 0.3) is 0 Å². The Bertz CT molecular complexity index is 466. The molecule has 0 aromatic rings. The second kappa shape index (κ2) is 29.6. The highest BCUT2D eigenvalue weighted by Crippen LogP contribution is 2.23. The van der Waals surface area contributed by atoms with Crippen molar-refractivity contribution in [3.63, 3.8) is 0 Å². The van der Waals surface area contributed by atoms with E-state index in [1.54, 1.807) is 6.29 Å². The SMILES string of the molecule is CCCCCCCCCCCCCCCCC(O)C(O)([C]=O)CCCCCCCCCCCCCCCC. The number of aliphatic hydroxyl groups is 2. The van der Waals surface area contributed by atoms with Gasteiger partial charge in [0.2, 0.25) is 6.29 Å². The summed E-state index contributed by atoms with van der Waals surface area (Å²) in [5.74, 6) is 0. The molecule has 0 heterocycles. The molecule has 0 saturated heterocycles. The van der Waals surface area contributed by atoms with Crippen LogP contribution in [0.3, 0.4) is 0 Å². The molecule has 3 nitrogen and oxygen atoms in total. The van der Waals surface area contributed by atoms with Crippen molar-refractivity contribution in [2.45, 2.75) is 218 Å². The Balaban J connectivity index is 3.55. The van der Waals surface area contributed by atoms with E-state index < -0.39 is 11.7 Å². The molecule has 0 aromatic heterocycles. The second-order valence-corrected chi connectivity index (χ2v) is 12.3. The summed E-state index contributed by atoms with van der Waals surface area (Å²) < 4.78 is 0. The van der Waals surface area contributed by atoms with E-state index >= 15 is 0 Å². The van der Waals surface area contributed by atoms with Crippen molar-refractivity contribution in [2.75, 3.05) is 0 Å². The maximum absolute atomic E-state index is 11.4. The molecular weight excluding hydrogens is 468 g/mol. The van der Waals surface area contributed by atoms with E-state index in [0.29, 0.717) is 12.8 Å². The molecule has 2 unspecified atom stereocenters. The summed E-state index contributed by atoms with van der Waals surface area (Å²) in [5.41, 5.74) is -1.67. The third-order valence-electron chi connectivity index (χ3n) is 8.47. The molecule has 0 aliphatic rings. The highest BCUT2D eigenvalue weighted by atomic mass is 16.3. The van der Waals surface area contributed by atoms with Crippen LogP contribution in [0.1, 0.15) is 206 Å². The van der Waals surface area contributed by atoms with Gasteiger partial charge in [-0.25, -0.2) is 0 Å². The van der Waals surface area contributed by atoms with Crippen LogP contribution >= 0.6 is 0 Å². The molecule has 0 aliphatic carbocycles. The average molecular weight is 538 g/mol. The summed E-state index contributed by atoms with van der Waals surface area (Å²) in [6.07, 6.45) is 37.7. The van der Waals surface area contributed by atoms with Crippen molar-refractivity contribution in [2.24, 2.45) is 0 Å². The van der Waals surface area contributed by atoms with Crippen LogP contribution < -0.4 is 0 Å². The van der Waals surface area contributed by atoms with Crippen molar-refractivity contribution in [3.8, 4) is 0 Å². The summed E-state index contributed by atoms with van der Waals surface area (Å²) in [4.78, 5) is 11.4. The van der Waals surface area contributed by atoms with Gasteiger partial charge in [0, 0.05) is 0 Å². The van der Waals surface area contributed by atoms with Gasteiger partial charge in [-0.2, -0.15) is 0 Å². The van der Waals surface area contributed by atoms with Gasteiger partial charge in [0.15, 0.2) is 5.60 Å². The molecule has 0 spiro atoms. The molecule has 227 valence electrons. The van der Waals surface area contributed by atoms with Crippen LogP contribution in [-0.2, 0) is 4.79 Å². The van der Waals surface area contributed by atoms with Crippen LogP contribution in [-0.4, -0.2) is 28.2 Å². The van der Waals surface area contributed by atoms with Crippen LogP contribution in [0.5, 0.6) is 0 Å². The van der Waals surface area contributed by atoms with Gasteiger partial charge in [-0.3, -0.25) is 4.79 Å². The van der Waals surface area contributed by atoms with Crippen LogP contribution in [0.2, 0.25) is 0 Å². The van der Waals surface area contributed by atoms with E-state index in [0.717, 1.165) is 32.1 Å². The monoisotopic (exact) mass is 538 g/mol. The van der Waals surface area contributed by atoms with E-state index in [-0.39, 0.29) is 0 Å². The van der Waals surface area contributed by atoms with Crippen LogP contribution in [0.4, 0.5) is 0 Å². The zero-order valence-electron chi connectivity index (χ0n) is 26.1.